The minimum atomic E-state index is -3.80. The molecule has 0 aliphatic carbocycles. The van der Waals surface area contributed by atoms with Gasteiger partial charge in [-0.25, -0.2) is 13.2 Å². The van der Waals surface area contributed by atoms with E-state index in [0.29, 0.717) is 36.9 Å². The number of esters is 1. The standard InChI is InChI=1S/C30H42N2O7S/c1-5-27(33)38-26-16-11-15-25(28(26)31-40(35,36)22-24-13-7-6-8-14-24)37-21-10-9-12-23-17-19-32(20-18-23)29(34)39-30(2,3)4/h6-8,11,13-16,23,31H,5,9-10,12,17-22H2,1-4H3. The summed E-state index contributed by atoms with van der Waals surface area (Å²) in [6.07, 6.45) is 4.53. The first-order valence-corrected chi connectivity index (χ1v) is 15.6. The topological polar surface area (TPSA) is 111 Å². The Morgan fingerprint density at radius 3 is 2.30 bits per heavy atom. The van der Waals surface area contributed by atoms with Gasteiger partial charge >= 0.3 is 12.1 Å². The Labute approximate surface area is 238 Å². The SMILES string of the molecule is CCC(=O)Oc1cccc(OCCCCC2CCN(C(=O)OC(C)(C)C)CC2)c1NS(=O)(=O)Cc1ccccc1. The zero-order valence-electron chi connectivity index (χ0n) is 24.0. The molecule has 0 atom stereocenters. The summed E-state index contributed by atoms with van der Waals surface area (Å²) in [4.78, 5) is 26.1. The molecule has 1 saturated heterocycles. The highest BCUT2D eigenvalue weighted by atomic mass is 32.2. The highest BCUT2D eigenvalue weighted by Crippen LogP contribution is 2.36. The van der Waals surface area contributed by atoms with Crippen molar-refractivity contribution in [1.29, 1.82) is 0 Å². The molecule has 0 saturated carbocycles. The zero-order valence-corrected chi connectivity index (χ0v) is 24.8. The van der Waals surface area contributed by atoms with Crippen molar-refractivity contribution in [1.82, 2.24) is 4.90 Å². The van der Waals surface area contributed by atoms with Crippen LogP contribution >= 0.6 is 0 Å². The van der Waals surface area contributed by atoms with E-state index in [4.69, 9.17) is 14.2 Å². The maximum atomic E-state index is 13.0. The predicted octanol–water partition coefficient (Wildman–Crippen LogP) is 6.14. The molecule has 2 aromatic carbocycles. The number of para-hydroxylation sites is 1. The Morgan fingerprint density at radius 1 is 0.975 bits per heavy atom. The molecule has 0 spiro atoms. The van der Waals surface area contributed by atoms with Gasteiger partial charge in [0.2, 0.25) is 10.0 Å². The molecule has 1 heterocycles. The zero-order chi connectivity index (χ0) is 29.2. The maximum Gasteiger partial charge on any atom is 0.410 e. The lowest BCUT2D eigenvalue weighted by Crippen LogP contribution is -2.41. The molecule has 9 nitrogen and oxygen atoms in total. The maximum absolute atomic E-state index is 13.0. The van der Waals surface area contributed by atoms with Crippen LogP contribution in [0.3, 0.4) is 0 Å². The quantitative estimate of drug-likeness (QED) is 0.184. The number of piperidine rings is 1. The first-order chi connectivity index (χ1) is 19.0. The summed E-state index contributed by atoms with van der Waals surface area (Å²) in [5.41, 5.74) is 0.263. The number of likely N-dealkylation sites (tertiary alicyclic amines) is 1. The van der Waals surface area contributed by atoms with E-state index in [1.165, 1.54) is 0 Å². The van der Waals surface area contributed by atoms with Gasteiger partial charge in [-0.15, -0.1) is 0 Å². The van der Waals surface area contributed by atoms with Crippen molar-refractivity contribution in [3.05, 3.63) is 54.1 Å². The van der Waals surface area contributed by atoms with Gasteiger partial charge in [0.05, 0.1) is 12.4 Å². The van der Waals surface area contributed by atoms with Crippen molar-refractivity contribution < 1.29 is 32.2 Å². The highest BCUT2D eigenvalue weighted by molar-refractivity contribution is 7.91. The number of nitrogens with one attached hydrogen (secondary N) is 1. The molecular formula is C30H42N2O7S. The number of carbonyl (C=O) groups excluding carboxylic acids is 2. The summed E-state index contributed by atoms with van der Waals surface area (Å²) >= 11 is 0. The lowest BCUT2D eigenvalue weighted by atomic mass is 9.92. The summed E-state index contributed by atoms with van der Waals surface area (Å²) in [6.45, 7) is 9.07. The normalized spacial score (nSPS) is 14.4. The van der Waals surface area contributed by atoms with Gasteiger partial charge in [0.25, 0.3) is 0 Å². The third kappa shape index (κ3) is 10.4. The Kier molecular flexibility index (Phi) is 11.2. The van der Waals surface area contributed by atoms with Crippen LogP contribution in [0.2, 0.25) is 0 Å². The molecule has 10 heteroatoms. The van der Waals surface area contributed by atoms with E-state index in [2.05, 4.69) is 4.72 Å². The molecule has 1 aliphatic rings. The fourth-order valence-electron chi connectivity index (χ4n) is 4.44. The second kappa shape index (κ2) is 14.4. The molecule has 3 rings (SSSR count). The smallest absolute Gasteiger partial charge is 0.410 e. The van der Waals surface area contributed by atoms with Gasteiger partial charge in [0.1, 0.15) is 17.0 Å². The van der Waals surface area contributed by atoms with E-state index in [1.54, 1.807) is 54.3 Å². The summed E-state index contributed by atoms with van der Waals surface area (Å²) in [6, 6.07) is 13.7. The van der Waals surface area contributed by atoms with E-state index >= 15 is 0 Å². The molecule has 1 N–H and O–H groups in total. The van der Waals surface area contributed by atoms with Gasteiger partial charge in [-0.05, 0) is 70.1 Å². The average molecular weight is 575 g/mol. The fourth-order valence-corrected chi connectivity index (χ4v) is 5.66. The Morgan fingerprint density at radius 2 is 1.65 bits per heavy atom. The number of hydrogen-bond donors (Lipinski definition) is 1. The van der Waals surface area contributed by atoms with Gasteiger partial charge in [-0.2, -0.15) is 0 Å². The molecule has 0 aromatic heterocycles. The Hall–Kier alpha value is -3.27. The number of ether oxygens (including phenoxy) is 3. The van der Waals surface area contributed by atoms with E-state index < -0.39 is 21.6 Å². The van der Waals surface area contributed by atoms with Crippen LogP contribution in [0.25, 0.3) is 0 Å². The second-order valence-corrected chi connectivity index (χ2v) is 12.8. The number of nitrogens with zero attached hydrogens (tertiary/aromatic N) is 1. The van der Waals surface area contributed by atoms with Crippen LogP contribution in [0.1, 0.15) is 71.8 Å². The van der Waals surface area contributed by atoms with Crippen LogP contribution in [0.5, 0.6) is 11.5 Å². The minimum Gasteiger partial charge on any atom is -0.491 e. The van der Waals surface area contributed by atoms with Crippen LogP contribution in [-0.4, -0.2) is 50.7 Å². The predicted molar refractivity (Wildman–Crippen MR) is 155 cm³/mol. The van der Waals surface area contributed by atoms with Gasteiger partial charge in [0.15, 0.2) is 5.75 Å². The highest BCUT2D eigenvalue weighted by Gasteiger charge is 2.26. The summed E-state index contributed by atoms with van der Waals surface area (Å²) in [5.74, 6) is 0.256. The molecule has 2 aromatic rings. The molecule has 220 valence electrons. The van der Waals surface area contributed by atoms with Gasteiger partial charge in [-0.1, -0.05) is 49.7 Å². The fraction of sp³-hybridized carbons (Fsp3) is 0.533. The number of anilines is 1. The monoisotopic (exact) mass is 574 g/mol. The summed E-state index contributed by atoms with van der Waals surface area (Å²) < 4.78 is 45.4. The minimum absolute atomic E-state index is 0.109. The number of carbonyl (C=O) groups is 2. The molecule has 40 heavy (non-hydrogen) atoms. The van der Waals surface area contributed by atoms with E-state index in [-0.39, 0.29) is 29.7 Å². The number of benzene rings is 2. The van der Waals surface area contributed by atoms with Crippen molar-refractivity contribution >= 4 is 27.8 Å². The number of amides is 1. The van der Waals surface area contributed by atoms with Crippen LogP contribution < -0.4 is 14.2 Å². The van der Waals surface area contributed by atoms with Crippen LogP contribution in [0, 0.1) is 5.92 Å². The van der Waals surface area contributed by atoms with E-state index in [0.717, 1.165) is 32.1 Å². The van der Waals surface area contributed by atoms with Crippen molar-refractivity contribution in [2.45, 2.75) is 77.6 Å². The van der Waals surface area contributed by atoms with Gasteiger partial charge < -0.3 is 19.1 Å². The number of unbranched alkanes of at least 4 members (excludes halogenated alkanes) is 1. The third-order valence-corrected chi connectivity index (χ3v) is 7.72. The van der Waals surface area contributed by atoms with Gasteiger partial charge in [0, 0.05) is 19.5 Å². The largest absolute Gasteiger partial charge is 0.491 e. The first kappa shape index (κ1) is 31.3. The molecule has 0 radical (unpaired) electrons. The summed E-state index contributed by atoms with van der Waals surface area (Å²) in [7, 11) is -3.80. The third-order valence-electron chi connectivity index (χ3n) is 6.49. The molecule has 0 unspecified atom stereocenters. The van der Waals surface area contributed by atoms with Gasteiger partial charge in [-0.3, -0.25) is 9.52 Å². The van der Waals surface area contributed by atoms with Crippen LogP contribution in [0.15, 0.2) is 48.5 Å². The van der Waals surface area contributed by atoms with Crippen molar-refractivity contribution in [3.63, 3.8) is 0 Å². The van der Waals surface area contributed by atoms with Crippen molar-refractivity contribution in [2.75, 3.05) is 24.4 Å². The Balaban J connectivity index is 1.54. The summed E-state index contributed by atoms with van der Waals surface area (Å²) in [5, 5.41) is 0. The molecule has 0 bridgehead atoms. The molecule has 1 aliphatic heterocycles. The second-order valence-electron chi connectivity index (χ2n) is 11.1. The first-order valence-electron chi connectivity index (χ1n) is 13.9. The molecule has 1 fully saturated rings. The number of rotatable bonds is 12. The van der Waals surface area contributed by atoms with Crippen LogP contribution in [0.4, 0.5) is 10.5 Å². The average Bonchev–Trinajstić information content (AvgIpc) is 2.89. The Bertz CT molecular complexity index is 1220. The lowest BCUT2D eigenvalue weighted by molar-refractivity contribution is -0.133. The van der Waals surface area contributed by atoms with Crippen molar-refractivity contribution in [3.8, 4) is 11.5 Å². The van der Waals surface area contributed by atoms with Crippen LogP contribution in [-0.2, 0) is 25.3 Å². The van der Waals surface area contributed by atoms with Crippen molar-refractivity contribution in [2.24, 2.45) is 5.92 Å². The lowest BCUT2D eigenvalue weighted by Gasteiger charge is -2.33. The van der Waals surface area contributed by atoms with E-state index in [9.17, 15) is 18.0 Å². The van der Waals surface area contributed by atoms with E-state index in [1.807, 2.05) is 26.8 Å². The number of hydrogen-bond acceptors (Lipinski definition) is 7. The molecular weight excluding hydrogens is 532 g/mol. The number of sulfonamides is 1. The molecule has 1 amide bonds.